The molecule has 6 heteroatoms. The molecule has 148 valence electrons. The Morgan fingerprint density at radius 1 is 1.00 bits per heavy atom. The Morgan fingerprint density at radius 3 is 2.64 bits per heavy atom. The molecular weight excluding hydrogens is 358 g/mol. The van der Waals surface area contributed by atoms with Gasteiger partial charge in [0.2, 0.25) is 6.79 Å². The topological polar surface area (TPSA) is 57.2 Å². The van der Waals surface area contributed by atoms with Crippen LogP contribution >= 0.6 is 0 Å². The van der Waals surface area contributed by atoms with Gasteiger partial charge < -0.3 is 23.8 Å². The third kappa shape index (κ3) is 3.86. The van der Waals surface area contributed by atoms with E-state index < -0.39 is 0 Å². The fraction of sp³-hybridized carbons (Fsp3) is 0.409. The molecule has 1 amide bonds. The van der Waals surface area contributed by atoms with E-state index in [2.05, 4.69) is 13.8 Å². The number of ether oxygens (including phenoxy) is 4. The van der Waals surface area contributed by atoms with Crippen LogP contribution in [-0.4, -0.2) is 37.4 Å². The molecule has 2 heterocycles. The molecule has 0 atom stereocenters. The fourth-order valence-electron chi connectivity index (χ4n) is 3.46. The lowest BCUT2D eigenvalue weighted by Gasteiger charge is -2.25. The van der Waals surface area contributed by atoms with E-state index in [4.69, 9.17) is 18.9 Å². The smallest absolute Gasteiger partial charge is 0.254 e. The molecule has 0 saturated carbocycles. The summed E-state index contributed by atoms with van der Waals surface area (Å²) in [4.78, 5) is 15.2. The van der Waals surface area contributed by atoms with Crippen molar-refractivity contribution in [2.24, 2.45) is 5.92 Å². The van der Waals surface area contributed by atoms with Gasteiger partial charge in [0, 0.05) is 30.6 Å². The molecule has 2 aromatic carbocycles. The van der Waals surface area contributed by atoms with Gasteiger partial charge in [-0.15, -0.1) is 0 Å². The van der Waals surface area contributed by atoms with Gasteiger partial charge in [-0.25, -0.2) is 0 Å². The number of carbonyl (C=O) groups excluding carboxylic acids is 1. The number of amides is 1. The van der Waals surface area contributed by atoms with Gasteiger partial charge in [-0.3, -0.25) is 4.79 Å². The third-order valence-electron chi connectivity index (χ3n) is 4.71. The lowest BCUT2D eigenvalue weighted by atomic mass is 10.1. The largest absolute Gasteiger partial charge is 0.490 e. The van der Waals surface area contributed by atoms with Crippen molar-refractivity contribution in [3.05, 3.63) is 47.5 Å². The van der Waals surface area contributed by atoms with Crippen LogP contribution in [0.25, 0.3) is 0 Å². The summed E-state index contributed by atoms with van der Waals surface area (Å²) >= 11 is 0. The summed E-state index contributed by atoms with van der Waals surface area (Å²) in [6.45, 7) is 6.73. The molecule has 2 aromatic rings. The molecule has 0 aliphatic carbocycles. The predicted molar refractivity (Wildman–Crippen MR) is 104 cm³/mol. The van der Waals surface area contributed by atoms with Crippen LogP contribution in [0.2, 0.25) is 0 Å². The molecular formula is C22H25NO5. The van der Waals surface area contributed by atoms with Crippen molar-refractivity contribution >= 4 is 5.91 Å². The van der Waals surface area contributed by atoms with E-state index in [-0.39, 0.29) is 12.7 Å². The van der Waals surface area contributed by atoms with Gasteiger partial charge in [0.15, 0.2) is 23.0 Å². The van der Waals surface area contributed by atoms with E-state index in [1.54, 1.807) is 12.1 Å². The van der Waals surface area contributed by atoms with E-state index in [1.807, 2.05) is 29.2 Å². The van der Waals surface area contributed by atoms with Crippen LogP contribution in [0, 0.1) is 5.92 Å². The minimum atomic E-state index is -0.0409. The zero-order valence-corrected chi connectivity index (χ0v) is 16.3. The molecule has 0 bridgehead atoms. The average molecular weight is 383 g/mol. The first-order valence-electron chi connectivity index (χ1n) is 9.68. The Morgan fingerprint density at radius 2 is 1.82 bits per heavy atom. The lowest BCUT2D eigenvalue weighted by molar-refractivity contribution is 0.0720. The quantitative estimate of drug-likeness (QED) is 0.784. The molecule has 4 rings (SSSR count). The normalized spacial score (nSPS) is 14.7. The monoisotopic (exact) mass is 383 g/mol. The molecule has 6 nitrogen and oxygen atoms in total. The number of rotatable bonds is 5. The van der Waals surface area contributed by atoms with Crippen molar-refractivity contribution in [3.63, 3.8) is 0 Å². The van der Waals surface area contributed by atoms with Gasteiger partial charge in [0.05, 0.1) is 13.2 Å². The van der Waals surface area contributed by atoms with E-state index >= 15 is 0 Å². The molecule has 28 heavy (non-hydrogen) atoms. The van der Waals surface area contributed by atoms with Gasteiger partial charge in [-0.05, 0) is 30.2 Å². The Kier molecular flexibility index (Phi) is 5.28. The minimum Gasteiger partial charge on any atom is -0.490 e. The number of nitrogens with zero attached hydrogens (tertiary/aromatic N) is 1. The Bertz CT molecular complexity index is 864. The third-order valence-corrected chi connectivity index (χ3v) is 4.71. The molecule has 0 N–H and O–H groups in total. The summed E-state index contributed by atoms with van der Waals surface area (Å²) < 4.78 is 22.5. The average Bonchev–Trinajstić information content (AvgIpc) is 3.05. The molecule has 2 aliphatic rings. The number of carbonyl (C=O) groups is 1. The first kappa shape index (κ1) is 18.5. The zero-order valence-electron chi connectivity index (χ0n) is 16.3. The SMILES string of the molecule is CC(C)CN(Cc1cccc2c1OCO2)C(=O)c1ccc2c(c1)OCCCO2. The fourth-order valence-corrected chi connectivity index (χ4v) is 3.46. The van der Waals surface area contributed by atoms with Gasteiger partial charge in [0.25, 0.3) is 5.91 Å². The number of hydrogen-bond acceptors (Lipinski definition) is 5. The summed E-state index contributed by atoms with van der Waals surface area (Å²) in [6, 6.07) is 11.2. The van der Waals surface area contributed by atoms with Crippen LogP contribution in [0.4, 0.5) is 0 Å². The Labute approximate surface area is 165 Å². The highest BCUT2D eigenvalue weighted by atomic mass is 16.7. The minimum absolute atomic E-state index is 0.0409. The van der Waals surface area contributed by atoms with Crippen LogP contribution in [0.3, 0.4) is 0 Å². The van der Waals surface area contributed by atoms with E-state index in [0.717, 1.165) is 23.5 Å². The first-order valence-corrected chi connectivity index (χ1v) is 9.68. The van der Waals surface area contributed by atoms with Crippen LogP contribution < -0.4 is 18.9 Å². The Hall–Kier alpha value is -2.89. The second kappa shape index (κ2) is 8.00. The van der Waals surface area contributed by atoms with Crippen molar-refractivity contribution in [2.75, 3.05) is 26.6 Å². The molecule has 0 aromatic heterocycles. The predicted octanol–water partition coefficient (Wildman–Crippen LogP) is 3.88. The lowest BCUT2D eigenvalue weighted by Crippen LogP contribution is -2.33. The number of para-hydroxylation sites is 1. The van der Waals surface area contributed by atoms with Crippen molar-refractivity contribution in [1.29, 1.82) is 0 Å². The number of benzene rings is 2. The van der Waals surface area contributed by atoms with Gasteiger partial charge >= 0.3 is 0 Å². The van der Waals surface area contributed by atoms with Crippen LogP contribution in [-0.2, 0) is 6.54 Å². The first-order chi connectivity index (χ1) is 13.6. The molecule has 0 radical (unpaired) electrons. The number of fused-ring (bicyclic) bond motifs is 2. The maximum atomic E-state index is 13.3. The van der Waals surface area contributed by atoms with Crippen molar-refractivity contribution in [2.45, 2.75) is 26.8 Å². The highest BCUT2D eigenvalue weighted by Gasteiger charge is 2.24. The van der Waals surface area contributed by atoms with Crippen molar-refractivity contribution in [3.8, 4) is 23.0 Å². The highest BCUT2D eigenvalue weighted by molar-refractivity contribution is 5.95. The van der Waals surface area contributed by atoms with Crippen LogP contribution in [0.15, 0.2) is 36.4 Å². The van der Waals surface area contributed by atoms with Gasteiger partial charge in [-0.2, -0.15) is 0 Å². The Balaban J connectivity index is 1.60. The summed E-state index contributed by atoms with van der Waals surface area (Å²) in [7, 11) is 0. The summed E-state index contributed by atoms with van der Waals surface area (Å²) in [5.41, 5.74) is 1.54. The van der Waals surface area contributed by atoms with Crippen LogP contribution in [0.5, 0.6) is 23.0 Å². The van der Waals surface area contributed by atoms with E-state index in [1.165, 1.54) is 0 Å². The highest BCUT2D eigenvalue weighted by Crippen LogP contribution is 2.36. The summed E-state index contributed by atoms with van der Waals surface area (Å²) in [5.74, 6) is 3.06. The van der Waals surface area contributed by atoms with E-state index in [0.29, 0.717) is 49.3 Å². The number of hydrogen-bond donors (Lipinski definition) is 0. The van der Waals surface area contributed by atoms with Gasteiger partial charge in [-0.1, -0.05) is 26.0 Å². The molecule has 0 spiro atoms. The van der Waals surface area contributed by atoms with Gasteiger partial charge in [0.1, 0.15) is 0 Å². The molecule has 0 fully saturated rings. The van der Waals surface area contributed by atoms with Crippen LogP contribution in [0.1, 0.15) is 36.2 Å². The molecule has 2 aliphatic heterocycles. The molecule has 0 unspecified atom stereocenters. The maximum Gasteiger partial charge on any atom is 0.254 e. The maximum absolute atomic E-state index is 13.3. The molecule has 0 saturated heterocycles. The van der Waals surface area contributed by atoms with Crippen molar-refractivity contribution < 1.29 is 23.7 Å². The standard InChI is InChI=1S/C22H25NO5/c1-15(2)12-23(13-17-5-3-6-19-21(17)28-14-27-19)22(24)16-7-8-18-20(11-16)26-10-4-9-25-18/h3,5-8,11,15H,4,9-10,12-14H2,1-2H3. The van der Waals surface area contributed by atoms with E-state index in [9.17, 15) is 4.79 Å². The zero-order chi connectivity index (χ0) is 19.5. The van der Waals surface area contributed by atoms with Crippen molar-refractivity contribution in [1.82, 2.24) is 4.90 Å². The summed E-state index contributed by atoms with van der Waals surface area (Å²) in [6.07, 6.45) is 0.832. The second-order valence-corrected chi connectivity index (χ2v) is 7.44. The second-order valence-electron chi connectivity index (χ2n) is 7.44. The summed E-state index contributed by atoms with van der Waals surface area (Å²) in [5, 5.41) is 0.